The summed E-state index contributed by atoms with van der Waals surface area (Å²) in [7, 11) is 1.41. The molecule has 1 amide bonds. The molecule has 0 unspecified atom stereocenters. The maximum Gasteiger partial charge on any atom is 0.418 e. The first-order valence-electron chi connectivity index (χ1n) is 14.1. The number of halogens is 6. The number of nitrogens with two attached hydrogens (primary N) is 1. The van der Waals surface area contributed by atoms with Crippen molar-refractivity contribution in [3.05, 3.63) is 65.2 Å². The topological polar surface area (TPSA) is 86.3 Å². The van der Waals surface area contributed by atoms with Gasteiger partial charge in [-0.1, -0.05) is 24.3 Å². The minimum absolute atomic E-state index is 0.0405. The molecule has 3 heterocycles. The molecule has 3 aromatic rings. The molecule has 236 valence electrons. The molecule has 2 aromatic heterocycles. The van der Waals surface area contributed by atoms with Crippen LogP contribution in [0.15, 0.2) is 42.9 Å². The molecular formula is C30H37F6N5O2. The Bertz CT molecular complexity index is 1300. The molecule has 0 saturated carbocycles. The van der Waals surface area contributed by atoms with E-state index >= 15 is 0 Å². The van der Waals surface area contributed by atoms with Gasteiger partial charge in [-0.05, 0) is 56.6 Å². The number of carbonyl (C=O) groups excluding carboxylic acids is 1. The summed E-state index contributed by atoms with van der Waals surface area (Å²) in [5.74, 6) is 0.596. The second kappa shape index (κ2) is 15.2. The van der Waals surface area contributed by atoms with Gasteiger partial charge in [-0.25, -0.2) is 9.97 Å². The van der Waals surface area contributed by atoms with Gasteiger partial charge in [-0.3, -0.25) is 4.79 Å². The summed E-state index contributed by atoms with van der Waals surface area (Å²) in [6.45, 7) is 3.22. The fourth-order valence-electron chi connectivity index (χ4n) is 4.94. The molecule has 2 N–H and O–H groups in total. The molecule has 0 bridgehead atoms. The van der Waals surface area contributed by atoms with E-state index in [9.17, 15) is 31.1 Å². The summed E-state index contributed by atoms with van der Waals surface area (Å²) in [5.41, 5.74) is 5.10. The number of aromatic nitrogens is 3. The number of rotatable bonds is 9. The van der Waals surface area contributed by atoms with Crippen molar-refractivity contribution in [1.82, 2.24) is 19.4 Å². The number of nitrogens with zero attached hydrogens (tertiary/aromatic N) is 4. The lowest BCUT2D eigenvalue weighted by Gasteiger charge is -2.26. The van der Waals surface area contributed by atoms with E-state index in [1.165, 1.54) is 19.1 Å². The van der Waals surface area contributed by atoms with Crippen molar-refractivity contribution in [3.8, 4) is 11.1 Å². The van der Waals surface area contributed by atoms with Crippen LogP contribution in [0.1, 0.15) is 60.9 Å². The molecular weight excluding hydrogens is 576 g/mol. The van der Waals surface area contributed by atoms with Crippen LogP contribution < -0.4 is 5.73 Å². The fraction of sp³-hybridized carbons (Fsp3) is 0.500. The van der Waals surface area contributed by atoms with Crippen LogP contribution in [-0.2, 0) is 34.8 Å². The zero-order valence-corrected chi connectivity index (χ0v) is 24.3. The third-order valence-corrected chi connectivity index (χ3v) is 7.21. The van der Waals surface area contributed by atoms with Gasteiger partial charge in [0, 0.05) is 69.6 Å². The van der Waals surface area contributed by atoms with E-state index in [1.54, 1.807) is 12.4 Å². The number of ether oxygens (including phenoxy) is 1. The summed E-state index contributed by atoms with van der Waals surface area (Å²) in [6.07, 6.45) is 0.297. The Labute approximate surface area is 247 Å². The molecule has 43 heavy (non-hydrogen) atoms. The van der Waals surface area contributed by atoms with Crippen LogP contribution in [0.2, 0.25) is 0 Å². The molecule has 13 heteroatoms. The van der Waals surface area contributed by atoms with Crippen LogP contribution in [0.5, 0.6) is 0 Å². The number of nitrogen functional groups attached to an aromatic ring is 1. The number of piperidine rings is 1. The average Bonchev–Trinajstić information content (AvgIpc) is 3.32. The minimum atomic E-state index is -5.03. The van der Waals surface area contributed by atoms with Crippen LogP contribution in [0.25, 0.3) is 11.1 Å². The number of likely N-dealkylation sites (tertiary alicyclic amines) is 1. The Morgan fingerprint density at radius 3 is 2.09 bits per heavy atom. The lowest BCUT2D eigenvalue weighted by atomic mass is 10.0. The number of aryl methyl sites for hydroxylation is 2. The SMILES string of the molecule is COCCCn1cc(C(F)(F)F)c(C(F)(F)F)c1C.Nc1ncc(-c2ccc(CCCC(=O)N3CCCCC3)cc2)cn1. The highest BCUT2D eigenvalue weighted by Crippen LogP contribution is 2.43. The van der Waals surface area contributed by atoms with Crippen molar-refractivity contribution < 1.29 is 35.9 Å². The second-order valence-corrected chi connectivity index (χ2v) is 10.4. The van der Waals surface area contributed by atoms with E-state index in [4.69, 9.17) is 10.5 Å². The normalized spacial score (nSPS) is 13.9. The fourth-order valence-corrected chi connectivity index (χ4v) is 4.94. The van der Waals surface area contributed by atoms with Crippen molar-refractivity contribution in [2.75, 3.05) is 32.5 Å². The monoisotopic (exact) mass is 613 g/mol. The molecule has 0 radical (unpaired) electrons. The van der Waals surface area contributed by atoms with E-state index < -0.39 is 29.2 Å². The van der Waals surface area contributed by atoms with Gasteiger partial charge in [0.25, 0.3) is 0 Å². The maximum atomic E-state index is 12.7. The molecule has 1 saturated heterocycles. The smallest absolute Gasteiger partial charge is 0.385 e. The van der Waals surface area contributed by atoms with Crippen LogP contribution in [0.4, 0.5) is 32.3 Å². The van der Waals surface area contributed by atoms with Crippen molar-refractivity contribution in [2.24, 2.45) is 0 Å². The van der Waals surface area contributed by atoms with Gasteiger partial charge in [-0.2, -0.15) is 26.3 Å². The maximum absolute atomic E-state index is 12.7. The number of alkyl halides is 6. The molecule has 1 aliphatic rings. The van der Waals surface area contributed by atoms with E-state index in [2.05, 4.69) is 34.2 Å². The highest BCUT2D eigenvalue weighted by atomic mass is 19.4. The van der Waals surface area contributed by atoms with E-state index in [0.717, 1.165) is 61.4 Å². The summed E-state index contributed by atoms with van der Waals surface area (Å²) in [6, 6.07) is 8.35. The van der Waals surface area contributed by atoms with E-state index in [-0.39, 0.29) is 19.1 Å². The lowest BCUT2D eigenvalue weighted by Crippen LogP contribution is -2.35. The number of carbonyl (C=O) groups is 1. The Morgan fingerprint density at radius 2 is 1.56 bits per heavy atom. The Hall–Kier alpha value is -3.61. The number of hydrogen-bond donors (Lipinski definition) is 1. The predicted molar refractivity (Wildman–Crippen MR) is 151 cm³/mol. The molecule has 1 fully saturated rings. The van der Waals surface area contributed by atoms with Gasteiger partial charge in [0.1, 0.15) is 0 Å². The number of benzene rings is 1. The van der Waals surface area contributed by atoms with Gasteiger partial charge in [0.2, 0.25) is 11.9 Å². The Kier molecular flexibility index (Phi) is 12.0. The summed E-state index contributed by atoms with van der Waals surface area (Å²) >= 11 is 0. The van der Waals surface area contributed by atoms with Gasteiger partial charge in [0.15, 0.2) is 0 Å². The first-order valence-corrected chi connectivity index (χ1v) is 14.1. The summed E-state index contributed by atoms with van der Waals surface area (Å²) < 4.78 is 81.7. The van der Waals surface area contributed by atoms with Gasteiger partial charge < -0.3 is 19.9 Å². The first kappa shape index (κ1) is 33.9. The highest BCUT2D eigenvalue weighted by molar-refractivity contribution is 5.76. The highest BCUT2D eigenvalue weighted by Gasteiger charge is 2.46. The molecule has 7 nitrogen and oxygen atoms in total. The average molecular weight is 614 g/mol. The number of anilines is 1. The minimum Gasteiger partial charge on any atom is -0.385 e. The van der Waals surface area contributed by atoms with Crippen molar-refractivity contribution in [1.29, 1.82) is 0 Å². The van der Waals surface area contributed by atoms with E-state index in [1.807, 2.05) is 4.90 Å². The Balaban J connectivity index is 0.000000243. The van der Waals surface area contributed by atoms with Gasteiger partial charge >= 0.3 is 12.4 Å². The van der Waals surface area contributed by atoms with Crippen molar-refractivity contribution >= 4 is 11.9 Å². The number of methoxy groups -OCH3 is 1. The molecule has 4 rings (SSSR count). The first-order chi connectivity index (χ1) is 20.3. The zero-order valence-electron chi connectivity index (χ0n) is 24.3. The summed E-state index contributed by atoms with van der Waals surface area (Å²) in [4.78, 5) is 22.2. The van der Waals surface area contributed by atoms with Crippen molar-refractivity contribution in [3.63, 3.8) is 0 Å². The van der Waals surface area contributed by atoms with Gasteiger partial charge in [0.05, 0.1) is 11.1 Å². The molecule has 0 aliphatic carbocycles. The van der Waals surface area contributed by atoms with Crippen molar-refractivity contribution in [2.45, 2.75) is 70.8 Å². The lowest BCUT2D eigenvalue weighted by molar-refractivity contribution is -0.161. The second-order valence-electron chi connectivity index (χ2n) is 10.4. The third-order valence-electron chi connectivity index (χ3n) is 7.21. The summed E-state index contributed by atoms with van der Waals surface area (Å²) in [5, 5.41) is 0. The van der Waals surface area contributed by atoms with E-state index in [0.29, 0.717) is 24.9 Å². The zero-order chi connectivity index (χ0) is 31.6. The number of amides is 1. The van der Waals surface area contributed by atoms with Crippen LogP contribution in [-0.4, -0.2) is 52.1 Å². The molecule has 1 aromatic carbocycles. The largest absolute Gasteiger partial charge is 0.418 e. The quantitative estimate of drug-likeness (QED) is 0.209. The van der Waals surface area contributed by atoms with Crippen LogP contribution >= 0.6 is 0 Å². The van der Waals surface area contributed by atoms with Gasteiger partial charge in [-0.15, -0.1) is 0 Å². The predicted octanol–water partition coefficient (Wildman–Crippen LogP) is 6.93. The molecule has 0 spiro atoms. The number of hydrogen-bond acceptors (Lipinski definition) is 5. The van der Waals surface area contributed by atoms with Crippen LogP contribution in [0.3, 0.4) is 0 Å². The Morgan fingerprint density at radius 1 is 0.930 bits per heavy atom. The molecule has 0 atom stereocenters. The van der Waals surface area contributed by atoms with Crippen LogP contribution in [0, 0.1) is 6.92 Å². The third kappa shape index (κ3) is 9.97. The standard InChI is InChI=1S/C19H24N4O.C11H13F6NO/c20-19-21-13-17(14-22-19)16-9-7-15(8-10-16)5-4-6-18(24)23-11-2-1-3-12-23;1-7-9(11(15,16)17)8(10(12,13)14)6-18(7)4-3-5-19-2/h7-10,13-14H,1-6,11-12H2,(H2,20,21,22);6H,3-5H2,1-2H3. The molecule has 1 aliphatic heterocycles.